The number of rotatable bonds is 7. The van der Waals surface area contributed by atoms with Crippen LogP contribution in [0.1, 0.15) is 22.8 Å². The quantitative estimate of drug-likeness (QED) is 0.254. The Hall–Kier alpha value is -3.81. The number of amides is 1. The van der Waals surface area contributed by atoms with Gasteiger partial charge in [-0.1, -0.05) is 41.9 Å². The molecule has 5 aromatic rings. The van der Waals surface area contributed by atoms with E-state index in [-0.39, 0.29) is 12.5 Å². The summed E-state index contributed by atoms with van der Waals surface area (Å²) in [5.74, 6) is -0.270. The summed E-state index contributed by atoms with van der Waals surface area (Å²) in [7, 11) is -3.55. The number of nitrogens with zero attached hydrogens (tertiary/aromatic N) is 2. The molecule has 0 unspecified atom stereocenters. The van der Waals surface area contributed by atoms with Gasteiger partial charge >= 0.3 is 0 Å². The first-order chi connectivity index (χ1) is 17.7. The molecule has 0 bridgehead atoms. The fourth-order valence-electron chi connectivity index (χ4n) is 4.61. The van der Waals surface area contributed by atoms with Crippen molar-refractivity contribution < 1.29 is 13.2 Å². The molecule has 5 rings (SSSR count). The fraction of sp³-hybridized carbons (Fsp3) is 0.138. The molecule has 0 aliphatic heterocycles. The highest BCUT2D eigenvalue weighted by Gasteiger charge is 2.19. The third-order valence-electron chi connectivity index (χ3n) is 6.40. The molecule has 0 radical (unpaired) electrons. The van der Waals surface area contributed by atoms with Gasteiger partial charge in [0.15, 0.2) is 0 Å². The summed E-state index contributed by atoms with van der Waals surface area (Å²) >= 11 is 5.95. The average Bonchev–Trinajstić information content (AvgIpc) is 3.20. The van der Waals surface area contributed by atoms with Gasteiger partial charge in [-0.05, 0) is 73.2 Å². The molecule has 4 aromatic carbocycles. The van der Waals surface area contributed by atoms with E-state index in [1.54, 1.807) is 48.5 Å². The lowest BCUT2D eigenvalue weighted by Crippen LogP contribution is -2.29. The molecule has 8 heteroatoms. The molecular formula is C29H26ClN3O3S. The Morgan fingerprint density at radius 1 is 0.892 bits per heavy atom. The molecule has 188 valence electrons. The first kappa shape index (κ1) is 24.9. The largest absolute Gasteiger partial charge is 0.341 e. The number of halogens is 1. The summed E-state index contributed by atoms with van der Waals surface area (Å²) in [6.45, 7) is 3.13. The summed E-state index contributed by atoms with van der Waals surface area (Å²) in [5, 5.41) is 5.78. The van der Waals surface area contributed by atoms with Crippen LogP contribution in [0.4, 0.5) is 11.4 Å². The van der Waals surface area contributed by atoms with E-state index in [2.05, 4.69) is 28.9 Å². The SMILES string of the molecule is CCn1c2ccccc2c2cc(NC(=O)c3ccc(N(Cc4ccc(Cl)cc4)S(C)(=O)=O)cc3)ccc21. The highest BCUT2D eigenvalue weighted by Crippen LogP contribution is 2.31. The van der Waals surface area contributed by atoms with Crippen molar-refractivity contribution >= 4 is 60.7 Å². The van der Waals surface area contributed by atoms with Crippen LogP contribution in [-0.2, 0) is 23.1 Å². The Bertz CT molecular complexity index is 1710. The van der Waals surface area contributed by atoms with Gasteiger partial charge in [-0.25, -0.2) is 8.42 Å². The zero-order valence-electron chi connectivity index (χ0n) is 20.5. The molecule has 1 N–H and O–H groups in total. The van der Waals surface area contributed by atoms with Crippen LogP contribution in [0.2, 0.25) is 5.02 Å². The number of para-hydroxylation sites is 1. The summed E-state index contributed by atoms with van der Waals surface area (Å²) in [6, 6.07) is 27.7. The van der Waals surface area contributed by atoms with Crippen LogP contribution < -0.4 is 9.62 Å². The van der Waals surface area contributed by atoms with Gasteiger partial charge in [-0.2, -0.15) is 0 Å². The molecule has 37 heavy (non-hydrogen) atoms. The number of benzene rings is 4. The molecule has 0 aliphatic rings. The van der Waals surface area contributed by atoms with Gasteiger partial charge in [0.05, 0.1) is 18.5 Å². The molecule has 1 heterocycles. The number of carbonyl (C=O) groups is 1. The number of hydrogen-bond donors (Lipinski definition) is 1. The second-order valence-corrected chi connectivity index (χ2v) is 11.2. The molecule has 0 saturated carbocycles. The number of hydrogen-bond acceptors (Lipinski definition) is 3. The van der Waals surface area contributed by atoms with Gasteiger partial charge in [-0.15, -0.1) is 0 Å². The molecule has 6 nitrogen and oxygen atoms in total. The summed E-state index contributed by atoms with van der Waals surface area (Å²) < 4.78 is 28.6. The smallest absolute Gasteiger partial charge is 0.255 e. The van der Waals surface area contributed by atoms with Crippen molar-refractivity contribution in [3.63, 3.8) is 0 Å². The third kappa shape index (κ3) is 5.05. The maximum atomic E-state index is 13.0. The maximum absolute atomic E-state index is 13.0. The zero-order valence-corrected chi connectivity index (χ0v) is 22.1. The number of sulfonamides is 1. The predicted octanol–water partition coefficient (Wildman–Crippen LogP) is 6.69. The second-order valence-electron chi connectivity index (χ2n) is 8.89. The van der Waals surface area contributed by atoms with Crippen LogP contribution in [0.25, 0.3) is 21.8 Å². The topological polar surface area (TPSA) is 71.4 Å². The predicted molar refractivity (Wildman–Crippen MR) is 152 cm³/mol. The maximum Gasteiger partial charge on any atom is 0.255 e. The van der Waals surface area contributed by atoms with Crippen LogP contribution in [0.5, 0.6) is 0 Å². The molecule has 1 aromatic heterocycles. The van der Waals surface area contributed by atoms with E-state index in [0.717, 1.165) is 40.2 Å². The van der Waals surface area contributed by atoms with E-state index in [9.17, 15) is 13.2 Å². The molecule has 0 spiro atoms. The Labute approximate surface area is 221 Å². The van der Waals surface area contributed by atoms with Gasteiger partial charge in [0.25, 0.3) is 5.91 Å². The van der Waals surface area contributed by atoms with Crippen LogP contribution >= 0.6 is 11.6 Å². The standard InChI is InChI=1S/C29H26ClN3O3S/c1-3-32-27-7-5-4-6-25(27)26-18-23(14-17-28(26)32)31-29(34)21-10-15-24(16-11-21)33(37(2,35)36)19-20-8-12-22(30)13-9-20/h4-18H,3,19H2,1-2H3,(H,31,34). The van der Waals surface area contributed by atoms with E-state index in [1.807, 2.05) is 30.3 Å². The summed E-state index contributed by atoms with van der Waals surface area (Å²) in [6.07, 6.45) is 1.16. The first-order valence-electron chi connectivity index (χ1n) is 11.9. The van der Waals surface area contributed by atoms with E-state index in [4.69, 9.17) is 11.6 Å². The van der Waals surface area contributed by atoms with E-state index in [0.29, 0.717) is 22.0 Å². The Balaban J connectivity index is 1.38. The van der Waals surface area contributed by atoms with Crippen molar-refractivity contribution in [1.82, 2.24) is 4.57 Å². The van der Waals surface area contributed by atoms with Gasteiger partial charge in [-0.3, -0.25) is 9.10 Å². The van der Waals surface area contributed by atoms with E-state index >= 15 is 0 Å². The highest BCUT2D eigenvalue weighted by atomic mass is 35.5. The Morgan fingerprint density at radius 3 is 2.24 bits per heavy atom. The molecule has 0 saturated heterocycles. The van der Waals surface area contributed by atoms with Crippen molar-refractivity contribution in [3.8, 4) is 0 Å². The van der Waals surface area contributed by atoms with Gasteiger partial charge in [0.1, 0.15) is 0 Å². The number of aromatic nitrogens is 1. The van der Waals surface area contributed by atoms with E-state index < -0.39 is 10.0 Å². The van der Waals surface area contributed by atoms with Gasteiger partial charge in [0.2, 0.25) is 10.0 Å². The minimum absolute atomic E-state index is 0.160. The number of anilines is 2. The normalized spacial score (nSPS) is 11.6. The second kappa shape index (κ2) is 9.92. The highest BCUT2D eigenvalue weighted by molar-refractivity contribution is 7.92. The lowest BCUT2D eigenvalue weighted by Gasteiger charge is -2.23. The van der Waals surface area contributed by atoms with Gasteiger partial charge < -0.3 is 9.88 Å². The summed E-state index contributed by atoms with van der Waals surface area (Å²) in [5.41, 5.74) is 4.68. The zero-order chi connectivity index (χ0) is 26.2. The van der Waals surface area contributed by atoms with E-state index in [1.165, 1.54) is 4.31 Å². The van der Waals surface area contributed by atoms with Crippen molar-refractivity contribution in [3.05, 3.63) is 107 Å². The Kier molecular flexibility index (Phi) is 6.67. The number of nitrogens with one attached hydrogen (secondary N) is 1. The molecule has 0 aliphatic carbocycles. The van der Waals surface area contributed by atoms with Crippen LogP contribution in [0.15, 0.2) is 91.0 Å². The lowest BCUT2D eigenvalue weighted by atomic mass is 10.1. The fourth-order valence-corrected chi connectivity index (χ4v) is 5.62. The van der Waals surface area contributed by atoms with Crippen molar-refractivity contribution in [1.29, 1.82) is 0 Å². The summed E-state index contributed by atoms with van der Waals surface area (Å²) in [4.78, 5) is 13.0. The molecule has 1 amide bonds. The van der Waals surface area contributed by atoms with Crippen LogP contribution in [0.3, 0.4) is 0 Å². The van der Waals surface area contributed by atoms with Crippen molar-refractivity contribution in [2.75, 3.05) is 15.9 Å². The monoisotopic (exact) mass is 531 g/mol. The minimum atomic E-state index is -3.55. The molecule has 0 atom stereocenters. The minimum Gasteiger partial charge on any atom is -0.341 e. The van der Waals surface area contributed by atoms with Crippen LogP contribution in [-0.4, -0.2) is 25.1 Å². The number of aryl methyl sites for hydroxylation is 1. The lowest BCUT2D eigenvalue weighted by molar-refractivity contribution is 0.102. The van der Waals surface area contributed by atoms with Crippen molar-refractivity contribution in [2.24, 2.45) is 0 Å². The first-order valence-corrected chi connectivity index (χ1v) is 14.1. The molecular weight excluding hydrogens is 506 g/mol. The average molecular weight is 532 g/mol. The van der Waals surface area contributed by atoms with Crippen molar-refractivity contribution in [2.45, 2.75) is 20.0 Å². The molecule has 0 fully saturated rings. The van der Waals surface area contributed by atoms with Crippen LogP contribution in [0, 0.1) is 0 Å². The Morgan fingerprint density at radius 2 is 1.57 bits per heavy atom. The third-order valence-corrected chi connectivity index (χ3v) is 7.80. The number of carbonyl (C=O) groups excluding carboxylic acids is 1. The number of fused-ring (bicyclic) bond motifs is 3. The van der Waals surface area contributed by atoms with Gasteiger partial charge in [0, 0.05) is 44.6 Å².